The maximum absolute atomic E-state index is 14.0. The number of halogens is 1. The monoisotopic (exact) mass is 533 g/mol. The molecule has 6 nitrogen and oxygen atoms in total. The second kappa shape index (κ2) is 13.2. The zero-order valence-corrected chi connectivity index (χ0v) is 24.2. The number of carbonyl (C=O) groups excluding carboxylic acids is 1. The van der Waals surface area contributed by atoms with Gasteiger partial charge >= 0.3 is 0 Å². The lowest BCUT2D eigenvalue weighted by atomic mass is 9.94. The average Bonchev–Trinajstić information content (AvgIpc) is 3.32. The molecule has 1 atom stereocenters. The standard InChI is InChI=1S/C32H44FN5O/c1-6-18-37(32(39)28(7-2)25-12-10-9-11-13-25)23-29-30(8-3)34-38(27-16-14-26(33)15-17-27)31(29)36-21-19-35(20-22-36)24(4)5/h9-17,24,28H,6-8,18-23H2,1-5H3. The molecule has 2 aromatic carbocycles. The first kappa shape index (κ1) is 28.8. The number of hydrogen-bond donors (Lipinski definition) is 0. The van der Waals surface area contributed by atoms with Crippen LogP contribution in [0.1, 0.15) is 70.2 Å². The Kier molecular flexibility index (Phi) is 9.78. The summed E-state index contributed by atoms with van der Waals surface area (Å²) < 4.78 is 15.8. The van der Waals surface area contributed by atoms with E-state index in [2.05, 4.69) is 56.6 Å². The molecule has 210 valence electrons. The van der Waals surface area contributed by atoms with Crippen molar-refractivity contribution in [1.29, 1.82) is 0 Å². The van der Waals surface area contributed by atoms with Crippen LogP contribution in [-0.4, -0.2) is 64.3 Å². The number of anilines is 1. The fourth-order valence-corrected chi connectivity index (χ4v) is 5.66. The zero-order chi connectivity index (χ0) is 27.9. The number of nitrogens with zero attached hydrogens (tertiary/aromatic N) is 5. The van der Waals surface area contributed by atoms with Crippen molar-refractivity contribution in [3.8, 4) is 5.69 Å². The van der Waals surface area contributed by atoms with Gasteiger partial charge in [-0.3, -0.25) is 9.69 Å². The van der Waals surface area contributed by atoms with E-state index in [4.69, 9.17) is 5.10 Å². The number of aryl methyl sites for hydroxylation is 1. The third-order valence-electron chi connectivity index (χ3n) is 7.85. The Labute approximate surface area is 233 Å². The Hall–Kier alpha value is -3.19. The normalized spacial score (nSPS) is 15.1. The molecule has 2 heterocycles. The molecule has 0 radical (unpaired) electrons. The topological polar surface area (TPSA) is 44.6 Å². The van der Waals surface area contributed by atoms with Crippen molar-refractivity contribution in [2.24, 2.45) is 0 Å². The largest absolute Gasteiger partial charge is 0.354 e. The van der Waals surface area contributed by atoms with Crippen LogP contribution in [0.4, 0.5) is 10.2 Å². The number of aromatic nitrogens is 2. The minimum atomic E-state index is -0.264. The number of piperazine rings is 1. The van der Waals surface area contributed by atoms with E-state index in [1.165, 1.54) is 12.1 Å². The van der Waals surface area contributed by atoms with Crippen LogP contribution in [0.5, 0.6) is 0 Å². The van der Waals surface area contributed by atoms with Crippen molar-refractivity contribution in [1.82, 2.24) is 19.6 Å². The predicted molar refractivity (Wildman–Crippen MR) is 157 cm³/mol. The van der Waals surface area contributed by atoms with E-state index < -0.39 is 0 Å². The lowest BCUT2D eigenvalue weighted by Crippen LogP contribution is -2.49. The van der Waals surface area contributed by atoms with Gasteiger partial charge in [-0.15, -0.1) is 0 Å². The lowest BCUT2D eigenvalue weighted by molar-refractivity contribution is -0.133. The Morgan fingerprint density at radius 3 is 2.21 bits per heavy atom. The Balaban J connectivity index is 1.75. The second-order valence-corrected chi connectivity index (χ2v) is 10.7. The molecule has 0 saturated carbocycles. The number of amides is 1. The molecule has 3 aromatic rings. The van der Waals surface area contributed by atoms with Gasteiger partial charge in [0.15, 0.2) is 0 Å². The summed E-state index contributed by atoms with van der Waals surface area (Å²) in [6.07, 6.45) is 2.39. The maximum Gasteiger partial charge on any atom is 0.230 e. The Bertz CT molecular complexity index is 1200. The van der Waals surface area contributed by atoms with Gasteiger partial charge in [-0.25, -0.2) is 9.07 Å². The first-order valence-electron chi connectivity index (χ1n) is 14.6. The molecule has 0 spiro atoms. The van der Waals surface area contributed by atoms with Crippen molar-refractivity contribution in [3.05, 3.63) is 77.2 Å². The van der Waals surface area contributed by atoms with Gasteiger partial charge in [-0.1, -0.05) is 51.1 Å². The van der Waals surface area contributed by atoms with Crippen molar-refractivity contribution < 1.29 is 9.18 Å². The Morgan fingerprint density at radius 2 is 1.64 bits per heavy atom. The summed E-state index contributed by atoms with van der Waals surface area (Å²) in [6, 6.07) is 17.2. The van der Waals surface area contributed by atoms with E-state index in [9.17, 15) is 9.18 Å². The van der Waals surface area contributed by atoms with Crippen LogP contribution in [-0.2, 0) is 17.8 Å². The minimum Gasteiger partial charge on any atom is -0.354 e. The summed E-state index contributed by atoms with van der Waals surface area (Å²) in [5.74, 6) is 0.759. The molecule has 0 aliphatic carbocycles. The van der Waals surface area contributed by atoms with E-state index in [0.29, 0.717) is 19.1 Å². The molecule has 7 heteroatoms. The third-order valence-corrected chi connectivity index (χ3v) is 7.85. The van der Waals surface area contributed by atoms with Gasteiger partial charge in [0.1, 0.15) is 11.6 Å². The van der Waals surface area contributed by atoms with Gasteiger partial charge in [0.2, 0.25) is 5.91 Å². The summed E-state index contributed by atoms with van der Waals surface area (Å²) >= 11 is 0. The molecule has 1 aliphatic rings. The maximum atomic E-state index is 14.0. The molecule has 1 fully saturated rings. The fourth-order valence-electron chi connectivity index (χ4n) is 5.66. The Morgan fingerprint density at radius 1 is 0.974 bits per heavy atom. The molecule has 1 saturated heterocycles. The summed E-state index contributed by atoms with van der Waals surface area (Å²) in [5, 5.41) is 5.05. The molecular formula is C32H44FN5O. The molecule has 1 unspecified atom stereocenters. The van der Waals surface area contributed by atoms with Crippen molar-refractivity contribution in [2.45, 2.75) is 72.4 Å². The van der Waals surface area contributed by atoms with Crippen LogP contribution >= 0.6 is 0 Å². The highest BCUT2D eigenvalue weighted by Gasteiger charge is 2.31. The molecule has 1 aromatic heterocycles. The molecule has 0 N–H and O–H groups in total. The van der Waals surface area contributed by atoms with E-state index in [-0.39, 0.29) is 17.6 Å². The smallest absolute Gasteiger partial charge is 0.230 e. The number of benzene rings is 2. The van der Waals surface area contributed by atoms with Gasteiger partial charge < -0.3 is 9.80 Å². The fraction of sp³-hybridized carbons (Fsp3) is 0.500. The minimum absolute atomic E-state index is 0.165. The summed E-state index contributed by atoms with van der Waals surface area (Å²) in [4.78, 5) is 21.0. The van der Waals surface area contributed by atoms with E-state index in [1.807, 2.05) is 27.8 Å². The molecule has 1 aliphatic heterocycles. The highest BCUT2D eigenvalue weighted by molar-refractivity contribution is 5.84. The number of rotatable bonds is 11. The first-order chi connectivity index (χ1) is 18.9. The highest BCUT2D eigenvalue weighted by atomic mass is 19.1. The number of carbonyl (C=O) groups is 1. The lowest BCUT2D eigenvalue weighted by Gasteiger charge is -2.39. The van der Waals surface area contributed by atoms with Crippen LogP contribution in [0.3, 0.4) is 0 Å². The third kappa shape index (κ3) is 6.52. The highest BCUT2D eigenvalue weighted by Crippen LogP contribution is 2.32. The van der Waals surface area contributed by atoms with Gasteiger partial charge in [-0.2, -0.15) is 5.10 Å². The van der Waals surface area contributed by atoms with Crippen molar-refractivity contribution in [2.75, 3.05) is 37.6 Å². The van der Waals surface area contributed by atoms with Crippen LogP contribution in [0.25, 0.3) is 5.69 Å². The molecular weight excluding hydrogens is 489 g/mol. The van der Waals surface area contributed by atoms with Crippen LogP contribution < -0.4 is 4.90 Å². The predicted octanol–water partition coefficient (Wildman–Crippen LogP) is 6.04. The molecule has 39 heavy (non-hydrogen) atoms. The summed E-state index contributed by atoms with van der Waals surface area (Å²) in [6.45, 7) is 15.7. The SMILES string of the molecule is CCCN(Cc1c(CC)nn(-c2ccc(F)cc2)c1N1CCN(C(C)C)CC1)C(=O)C(CC)c1ccccc1. The van der Waals surface area contributed by atoms with Gasteiger partial charge in [0.25, 0.3) is 0 Å². The van der Waals surface area contributed by atoms with E-state index >= 15 is 0 Å². The van der Waals surface area contributed by atoms with Crippen molar-refractivity contribution in [3.63, 3.8) is 0 Å². The van der Waals surface area contributed by atoms with E-state index in [1.54, 1.807) is 12.1 Å². The van der Waals surface area contributed by atoms with Gasteiger partial charge in [0, 0.05) is 44.3 Å². The zero-order valence-electron chi connectivity index (χ0n) is 24.2. The summed E-state index contributed by atoms with van der Waals surface area (Å²) in [7, 11) is 0. The van der Waals surface area contributed by atoms with Gasteiger partial charge in [0.05, 0.1) is 23.8 Å². The van der Waals surface area contributed by atoms with Crippen molar-refractivity contribution >= 4 is 11.7 Å². The van der Waals surface area contributed by atoms with Crippen LogP contribution in [0, 0.1) is 5.82 Å². The van der Waals surface area contributed by atoms with Crippen LogP contribution in [0.2, 0.25) is 0 Å². The van der Waals surface area contributed by atoms with Gasteiger partial charge in [-0.05, 0) is 62.9 Å². The first-order valence-corrected chi connectivity index (χ1v) is 14.6. The number of hydrogen-bond acceptors (Lipinski definition) is 4. The summed E-state index contributed by atoms with van der Waals surface area (Å²) in [5.41, 5.74) is 3.99. The molecule has 4 rings (SSSR count). The molecule has 1 amide bonds. The quantitative estimate of drug-likeness (QED) is 0.302. The van der Waals surface area contributed by atoms with Crippen LogP contribution in [0.15, 0.2) is 54.6 Å². The average molecular weight is 534 g/mol. The van der Waals surface area contributed by atoms with E-state index in [0.717, 1.165) is 73.8 Å². The second-order valence-electron chi connectivity index (χ2n) is 10.7. The molecule has 0 bridgehead atoms.